The second-order valence-electron chi connectivity index (χ2n) is 5.83. The Labute approximate surface area is 135 Å². The van der Waals surface area contributed by atoms with Crippen LogP contribution in [0.1, 0.15) is 40.2 Å². The van der Waals surface area contributed by atoms with Gasteiger partial charge in [0.25, 0.3) is 0 Å². The number of carboxylic acids is 1. The van der Waals surface area contributed by atoms with Gasteiger partial charge in [0, 0.05) is 19.3 Å². The van der Waals surface area contributed by atoms with E-state index in [1.165, 1.54) is 0 Å². The van der Waals surface area contributed by atoms with Crippen LogP contribution in [-0.2, 0) is 6.61 Å². The minimum Gasteiger partial charge on any atom is -0.478 e. The van der Waals surface area contributed by atoms with Gasteiger partial charge in [-0.3, -0.25) is 0 Å². The summed E-state index contributed by atoms with van der Waals surface area (Å²) < 4.78 is 0. The summed E-state index contributed by atoms with van der Waals surface area (Å²) in [7, 11) is 0. The summed E-state index contributed by atoms with van der Waals surface area (Å²) in [5, 5.41) is 18.6. The van der Waals surface area contributed by atoms with Crippen LogP contribution in [0.4, 0.5) is 5.82 Å². The zero-order valence-corrected chi connectivity index (χ0v) is 12.9. The molecule has 0 spiro atoms. The Bertz CT molecular complexity index is 694. The molecule has 23 heavy (non-hydrogen) atoms. The summed E-state index contributed by atoms with van der Waals surface area (Å²) in [6.07, 6.45) is 3.51. The summed E-state index contributed by atoms with van der Waals surface area (Å²) >= 11 is 0. The standard InChI is InChI=1S/C18H20N2O3/c21-12-13-5-8-19-17(11-13)20-9-6-14(7-10-20)15-3-1-2-4-16(15)18(22)23/h1-5,8,11,14,21H,6-7,9-10,12H2,(H,22,23). The van der Waals surface area contributed by atoms with E-state index in [1.807, 2.05) is 18.2 Å². The molecule has 0 amide bonds. The lowest BCUT2D eigenvalue weighted by atomic mass is 9.86. The van der Waals surface area contributed by atoms with Crippen molar-refractivity contribution < 1.29 is 15.0 Å². The number of aromatic carboxylic acids is 1. The minimum atomic E-state index is -0.861. The summed E-state index contributed by atoms with van der Waals surface area (Å²) in [5.41, 5.74) is 2.19. The van der Waals surface area contributed by atoms with E-state index < -0.39 is 5.97 Å². The van der Waals surface area contributed by atoms with Crippen LogP contribution < -0.4 is 4.90 Å². The van der Waals surface area contributed by atoms with E-state index in [-0.39, 0.29) is 12.5 Å². The molecular weight excluding hydrogens is 292 g/mol. The molecule has 1 aromatic carbocycles. The van der Waals surface area contributed by atoms with Gasteiger partial charge in [0.15, 0.2) is 0 Å². The topological polar surface area (TPSA) is 73.7 Å². The third-order valence-corrected chi connectivity index (χ3v) is 4.44. The summed E-state index contributed by atoms with van der Waals surface area (Å²) in [4.78, 5) is 17.9. The number of rotatable bonds is 4. The van der Waals surface area contributed by atoms with E-state index in [9.17, 15) is 15.0 Å². The molecule has 2 heterocycles. The molecule has 0 radical (unpaired) electrons. The molecule has 0 bridgehead atoms. The highest BCUT2D eigenvalue weighted by Gasteiger charge is 2.24. The van der Waals surface area contributed by atoms with Crippen LogP contribution >= 0.6 is 0 Å². The predicted octanol–water partition coefficient (Wildman–Crippen LogP) is 2.66. The maximum absolute atomic E-state index is 11.4. The van der Waals surface area contributed by atoms with Gasteiger partial charge in [-0.25, -0.2) is 9.78 Å². The van der Waals surface area contributed by atoms with Crippen molar-refractivity contribution in [3.8, 4) is 0 Å². The van der Waals surface area contributed by atoms with Crippen molar-refractivity contribution in [2.24, 2.45) is 0 Å². The van der Waals surface area contributed by atoms with Crippen LogP contribution in [0.25, 0.3) is 0 Å². The van der Waals surface area contributed by atoms with E-state index in [0.29, 0.717) is 5.56 Å². The Morgan fingerprint density at radius 1 is 1.22 bits per heavy atom. The highest BCUT2D eigenvalue weighted by molar-refractivity contribution is 5.89. The molecule has 0 aliphatic carbocycles. The van der Waals surface area contributed by atoms with Crippen LogP contribution in [0, 0.1) is 0 Å². The van der Waals surface area contributed by atoms with Crippen molar-refractivity contribution in [2.45, 2.75) is 25.4 Å². The summed E-state index contributed by atoms with van der Waals surface area (Å²) in [5.74, 6) is 0.279. The van der Waals surface area contributed by atoms with E-state index in [1.54, 1.807) is 24.4 Å². The Balaban J connectivity index is 1.72. The number of aliphatic hydroxyl groups is 1. The third kappa shape index (κ3) is 3.35. The molecule has 5 heteroatoms. The van der Waals surface area contributed by atoms with Crippen LogP contribution in [0.3, 0.4) is 0 Å². The van der Waals surface area contributed by atoms with Crippen molar-refractivity contribution >= 4 is 11.8 Å². The summed E-state index contributed by atoms with van der Waals surface area (Å²) in [6.45, 7) is 1.68. The first-order valence-corrected chi connectivity index (χ1v) is 7.82. The molecule has 1 saturated heterocycles. The van der Waals surface area contributed by atoms with E-state index in [0.717, 1.165) is 42.9 Å². The van der Waals surface area contributed by atoms with Gasteiger partial charge in [0.2, 0.25) is 0 Å². The maximum atomic E-state index is 11.4. The lowest BCUT2D eigenvalue weighted by Gasteiger charge is -2.33. The highest BCUT2D eigenvalue weighted by Crippen LogP contribution is 2.32. The van der Waals surface area contributed by atoms with E-state index in [2.05, 4.69) is 9.88 Å². The molecule has 120 valence electrons. The Kier molecular flexibility index (Phi) is 4.57. The van der Waals surface area contributed by atoms with Crippen LogP contribution in [0.2, 0.25) is 0 Å². The lowest BCUT2D eigenvalue weighted by Crippen LogP contribution is -2.33. The van der Waals surface area contributed by atoms with Crippen LogP contribution in [-0.4, -0.2) is 34.3 Å². The first-order chi connectivity index (χ1) is 11.2. The van der Waals surface area contributed by atoms with Crippen molar-refractivity contribution in [3.05, 3.63) is 59.3 Å². The normalized spacial score (nSPS) is 15.6. The van der Waals surface area contributed by atoms with Crippen LogP contribution in [0.5, 0.6) is 0 Å². The number of hydrogen-bond donors (Lipinski definition) is 2. The van der Waals surface area contributed by atoms with Gasteiger partial charge >= 0.3 is 5.97 Å². The second kappa shape index (κ2) is 6.79. The third-order valence-electron chi connectivity index (χ3n) is 4.44. The Hall–Kier alpha value is -2.40. The fourth-order valence-corrected chi connectivity index (χ4v) is 3.20. The number of nitrogens with zero attached hydrogens (tertiary/aromatic N) is 2. The van der Waals surface area contributed by atoms with E-state index >= 15 is 0 Å². The van der Waals surface area contributed by atoms with Gasteiger partial charge in [0.05, 0.1) is 12.2 Å². The van der Waals surface area contributed by atoms with Crippen molar-refractivity contribution in [3.63, 3.8) is 0 Å². The largest absolute Gasteiger partial charge is 0.478 e. The Morgan fingerprint density at radius 2 is 1.96 bits per heavy atom. The maximum Gasteiger partial charge on any atom is 0.335 e. The molecule has 1 aromatic heterocycles. The van der Waals surface area contributed by atoms with Gasteiger partial charge in [-0.1, -0.05) is 18.2 Å². The average molecular weight is 312 g/mol. The molecule has 1 fully saturated rings. The second-order valence-corrected chi connectivity index (χ2v) is 5.83. The number of aliphatic hydroxyl groups excluding tert-OH is 1. The highest BCUT2D eigenvalue weighted by atomic mass is 16.4. The first-order valence-electron chi connectivity index (χ1n) is 7.82. The van der Waals surface area contributed by atoms with Gasteiger partial charge < -0.3 is 15.1 Å². The minimum absolute atomic E-state index is 0.0119. The quantitative estimate of drug-likeness (QED) is 0.908. The molecule has 0 atom stereocenters. The molecule has 1 aliphatic heterocycles. The number of carbonyl (C=O) groups is 1. The number of pyridine rings is 1. The van der Waals surface area contributed by atoms with Crippen LogP contribution in [0.15, 0.2) is 42.6 Å². The smallest absolute Gasteiger partial charge is 0.335 e. The average Bonchev–Trinajstić information content (AvgIpc) is 2.62. The van der Waals surface area contributed by atoms with E-state index in [4.69, 9.17) is 0 Å². The summed E-state index contributed by atoms with van der Waals surface area (Å²) in [6, 6.07) is 11.0. The fourth-order valence-electron chi connectivity index (χ4n) is 3.20. The first kappa shape index (κ1) is 15.5. The number of anilines is 1. The van der Waals surface area contributed by atoms with Gasteiger partial charge in [-0.15, -0.1) is 0 Å². The number of hydrogen-bond acceptors (Lipinski definition) is 4. The molecule has 0 unspecified atom stereocenters. The van der Waals surface area contributed by atoms with Crippen molar-refractivity contribution in [1.29, 1.82) is 0 Å². The van der Waals surface area contributed by atoms with Gasteiger partial charge in [-0.2, -0.15) is 0 Å². The number of aromatic nitrogens is 1. The fraction of sp³-hybridized carbons (Fsp3) is 0.333. The Morgan fingerprint density at radius 3 is 2.65 bits per heavy atom. The van der Waals surface area contributed by atoms with Crippen molar-refractivity contribution in [1.82, 2.24) is 4.98 Å². The molecule has 0 saturated carbocycles. The lowest BCUT2D eigenvalue weighted by molar-refractivity contribution is 0.0695. The molecular formula is C18H20N2O3. The molecule has 2 N–H and O–H groups in total. The number of carboxylic acid groups (broad SMARTS) is 1. The van der Waals surface area contributed by atoms with Gasteiger partial charge in [-0.05, 0) is 48.1 Å². The number of benzene rings is 1. The molecule has 3 rings (SSSR count). The van der Waals surface area contributed by atoms with Crippen molar-refractivity contribution in [2.75, 3.05) is 18.0 Å². The molecule has 5 nitrogen and oxygen atoms in total. The SMILES string of the molecule is O=C(O)c1ccccc1C1CCN(c2cc(CO)ccn2)CC1. The predicted molar refractivity (Wildman–Crippen MR) is 87.7 cm³/mol. The monoisotopic (exact) mass is 312 g/mol. The zero-order valence-electron chi connectivity index (χ0n) is 12.9. The molecule has 2 aromatic rings. The van der Waals surface area contributed by atoms with Gasteiger partial charge in [0.1, 0.15) is 5.82 Å². The molecule has 1 aliphatic rings. The number of piperidine rings is 1. The zero-order chi connectivity index (χ0) is 16.2.